The average molecular weight is 324 g/mol. The van der Waals surface area contributed by atoms with Crippen molar-refractivity contribution in [3.05, 3.63) is 33.8 Å². The van der Waals surface area contributed by atoms with Crippen LogP contribution in [0.25, 0.3) is 0 Å². The fraction of sp³-hybridized carbons (Fsp3) is 0.562. The quantitative estimate of drug-likeness (QED) is 0.882. The number of rotatable bonds is 3. The Morgan fingerprint density at radius 1 is 1.26 bits per heavy atom. The Morgan fingerprint density at radius 3 is 2.58 bits per heavy atom. The second-order valence-electron chi connectivity index (χ2n) is 5.85. The van der Waals surface area contributed by atoms with Gasteiger partial charge in [0, 0.05) is 16.6 Å². The molecule has 1 amide bonds. The molecule has 0 unspecified atom stereocenters. The van der Waals surface area contributed by atoms with Crippen molar-refractivity contribution in [3.63, 3.8) is 0 Å². The summed E-state index contributed by atoms with van der Waals surface area (Å²) < 4.78 is 0.962. The smallest absolute Gasteiger partial charge is 0.251 e. The molecule has 0 radical (unpaired) electrons. The SMILES string of the molecule is Cc1cc(Br)cc(C(=O)NCC2CCC(C)CC2)c1. The molecule has 1 aromatic carbocycles. The third kappa shape index (κ3) is 4.34. The predicted octanol–water partition coefficient (Wildman–Crippen LogP) is 4.31. The van der Waals surface area contributed by atoms with Crippen LogP contribution in [0.5, 0.6) is 0 Å². The fourth-order valence-electron chi connectivity index (χ4n) is 2.74. The maximum Gasteiger partial charge on any atom is 0.251 e. The zero-order valence-corrected chi connectivity index (χ0v) is 13.3. The Morgan fingerprint density at radius 2 is 1.95 bits per heavy atom. The average Bonchev–Trinajstić information content (AvgIpc) is 2.36. The summed E-state index contributed by atoms with van der Waals surface area (Å²) in [6, 6.07) is 5.83. The van der Waals surface area contributed by atoms with Gasteiger partial charge in [-0.25, -0.2) is 0 Å². The Hall–Kier alpha value is -0.830. The summed E-state index contributed by atoms with van der Waals surface area (Å²) in [4.78, 5) is 12.1. The summed E-state index contributed by atoms with van der Waals surface area (Å²) in [7, 11) is 0. The van der Waals surface area contributed by atoms with Gasteiger partial charge in [0.2, 0.25) is 0 Å². The van der Waals surface area contributed by atoms with Gasteiger partial charge in [0.25, 0.3) is 5.91 Å². The number of amides is 1. The Balaban J connectivity index is 1.87. The highest BCUT2D eigenvalue weighted by Gasteiger charge is 2.18. The Labute approximate surface area is 124 Å². The molecule has 2 nitrogen and oxygen atoms in total. The van der Waals surface area contributed by atoms with Gasteiger partial charge in [-0.2, -0.15) is 0 Å². The standard InChI is InChI=1S/C16H22BrNO/c1-11-3-5-13(6-4-11)10-18-16(19)14-7-12(2)8-15(17)9-14/h7-9,11,13H,3-6,10H2,1-2H3,(H,18,19). The predicted molar refractivity (Wildman–Crippen MR) is 82.3 cm³/mol. The van der Waals surface area contributed by atoms with Gasteiger partial charge in [-0.1, -0.05) is 35.7 Å². The third-order valence-electron chi connectivity index (χ3n) is 3.99. The van der Waals surface area contributed by atoms with Crippen molar-refractivity contribution in [3.8, 4) is 0 Å². The molecule has 1 saturated carbocycles. The van der Waals surface area contributed by atoms with E-state index in [0.29, 0.717) is 5.92 Å². The summed E-state index contributed by atoms with van der Waals surface area (Å²) in [6.45, 7) is 5.14. The van der Waals surface area contributed by atoms with E-state index in [-0.39, 0.29) is 5.91 Å². The van der Waals surface area contributed by atoms with E-state index in [1.165, 1.54) is 25.7 Å². The highest BCUT2D eigenvalue weighted by Crippen LogP contribution is 2.27. The highest BCUT2D eigenvalue weighted by molar-refractivity contribution is 9.10. The van der Waals surface area contributed by atoms with Crippen LogP contribution in [-0.2, 0) is 0 Å². The van der Waals surface area contributed by atoms with Crippen LogP contribution < -0.4 is 5.32 Å². The molecule has 0 atom stereocenters. The maximum absolute atomic E-state index is 12.1. The van der Waals surface area contributed by atoms with Gasteiger partial charge in [0.1, 0.15) is 0 Å². The van der Waals surface area contributed by atoms with Gasteiger partial charge in [0.15, 0.2) is 0 Å². The minimum Gasteiger partial charge on any atom is -0.352 e. The number of carbonyl (C=O) groups is 1. The van der Waals surface area contributed by atoms with Gasteiger partial charge in [-0.3, -0.25) is 4.79 Å². The molecule has 0 aliphatic heterocycles. The van der Waals surface area contributed by atoms with Crippen molar-refractivity contribution < 1.29 is 4.79 Å². The molecule has 2 rings (SSSR count). The van der Waals surface area contributed by atoms with E-state index in [4.69, 9.17) is 0 Å². The molecule has 0 aromatic heterocycles. The molecule has 0 spiro atoms. The van der Waals surface area contributed by atoms with Crippen molar-refractivity contribution in [2.45, 2.75) is 39.5 Å². The second-order valence-corrected chi connectivity index (χ2v) is 6.77. The molecule has 19 heavy (non-hydrogen) atoms. The molecule has 1 N–H and O–H groups in total. The first kappa shape index (κ1) is 14.6. The lowest BCUT2D eigenvalue weighted by Crippen LogP contribution is -2.31. The van der Waals surface area contributed by atoms with E-state index in [1.54, 1.807) is 0 Å². The number of aryl methyl sites for hydroxylation is 1. The van der Waals surface area contributed by atoms with Gasteiger partial charge in [-0.05, 0) is 55.4 Å². The van der Waals surface area contributed by atoms with Crippen LogP contribution in [0.3, 0.4) is 0 Å². The molecule has 1 aliphatic carbocycles. The number of benzene rings is 1. The molecule has 104 valence electrons. The molecular weight excluding hydrogens is 302 g/mol. The van der Waals surface area contributed by atoms with Crippen LogP contribution in [0.15, 0.2) is 22.7 Å². The highest BCUT2D eigenvalue weighted by atomic mass is 79.9. The minimum atomic E-state index is 0.0445. The van der Waals surface area contributed by atoms with Gasteiger partial charge in [0.05, 0.1) is 0 Å². The zero-order valence-electron chi connectivity index (χ0n) is 11.7. The van der Waals surface area contributed by atoms with Crippen LogP contribution in [-0.4, -0.2) is 12.5 Å². The van der Waals surface area contributed by atoms with Gasteiger partial charge >= 0.3 is 0 Å². The van der Waals surface area contributed by atoms with Crippen LogP contribution >= 0.6 is 15.9 Å². The van der Waals surface area contributed by atoms with Crippen molar-refractivity contribution >= 4 is 21.8 Å². The van der Waals surface area contributed by atoms with Crippen molar-refractivity contribution in [1.82, 2.24) is 5.32 Å². The van der Waals surface area contributed by atoms with Crippen molar-refractivity contribution in [2.75, 3.05) is 6.54 Å². The minimum absolute atomic E-state index is 0.0445. The Bertz CT molecular complexity index is 430. The van der Waals surface area contributed by atoms with E-state index in [2.05, 4.69) is 28.2 Å². The largest absolute Gasteiger partial charge is 0.352 e. The van der Waals surface area contributed by atoms with Crippen molar-refractivity contribution in [1.29, 1.82) is 0 Å². The first-order valence-electron chi connectivity index (χ1n) is 7.10. The monoisotopic (exact) mass is 323 g/mol. The van der Waals surface area contributed by atoms with E-state index < -0.39 is 0 Å². The summed E-state index contributed by atoms with van der Waals surface area (Å²) in [5.41, 5.74) is 1.85. The number of halogens is 1. The lowest BCUT2D eigenvalue weighted by molar-refractivity contribution is 0.0941. The lowest BCUT2D eigenvalue weighted by atomic mass is 9.83. The Kier molecular flexibility index (Phi) is 5.03. The molecule has 1 fully saturated rings. The maximum atomic E-state index is 12.1. The molecular formula is C16H22BrNO. The van der Waals surface area contributed by atoms with E-state index in [1.807, 2.05) is 25.1 Å². The summed E-state index contributed by atoms with van der Waals surface area (Å²) in [6.07, 6.45) is 5.10. The number of hydrogen-bond donors (Lipinski definition) is 1. The van der Waals surface area contributed by atoms with E-state index in [0.717, 1.165) is 28.1 Å². The van der Waals surface area contributed by atoms with Gasteiger partial charge < -0.3 is 5.32 Å². The first-order chi connectivity index (χ1) is 9.04. The molecule has 0 saturated heterocycles. The van der Waals surface area contributed by atoms with Gasteiger partial charge in [-0.15, -0.1) is 0 Å². The zero-order chi connectivity index (χ0) is 13.8. The fourth-order valence-corrected chi connectivity index (χ4v) is 3.35. The lowest BCUT2D eigenvalue weighted by Gasteiger charge is -2.26. The second kappa shape index (κ2) is 6.56. The van der Waals surface area contributed by atoms with Crippen molar-refractivity contribution in [2.24, 2.45) is 11.8 Å². The molecule has 0 bridgehead atoms. The van der Waals surface area contributed by atoms with Crippen LogP contribution in [0.4, 0.5) is 0 Å². The molecule has 1 aromatic rings. The third-order valence-corrected chi connectivity index (χ3v) is 4.45. The molecule has 1 aliphatic rings. The normalized spacial score (nSPS) is 23.1. The molecule has 3 heteroatoms. The topological polar surface area (TPSA) is 29.1 Å². The van der Waals surface area contributed by atoms with Crippen LogP contribution in [0, 0.1) is 18.8 Å². The van der Waals surface area contributed by atoms with E-state index in [9.17, 15) is 4.79 Å². The summed E-state index contributed by atoms with van der Waals surface area (Å²) in [5, 5.41) is 3.08. The first-order valence-corrected chi connectivity index (χ1v) is 7.89. The number of nitrogens with one attached hydrogen (secondary N) is 1. The van der Waals surface area contributed by atoms with Crippen LogP contribution in [0.2, 0.25) is 0 Å². The molecule has 0 heterocycles. The number of carbonyl (C=O) groups excluding carboxylic acids is 1. The van der Waals surface area contributed by atoms with Crippen LogP contribution in [0.1, 0.15) is 48.5 Å². The summed E-state index contributed by atoms with van der Waals surface area (Å²) in [5.74, 6) is 1.57. The summed E-state index contributed by atoms with van der Waals surface area (Å²) >= 11 is 3.44. The van der Waals surface area contributed by atoms with E-state index >= 15 is 0 Å². The number of hydrogen-bond acceptors (Lipinski definition) is 1.